The quantitative estimate of drug-likeness (QED) is 0.899. The molecule has 1 N–H and O–H groups in total. The van der Waals surface area contributed by atoms with Crippen LogP contribution in [0.3, 0.4) is 0 Å². The van der Waals surface area contributed by atoms with Gasteiger partial charge in [-0.2, -0.15) is 0 Å². The predicted octanol–water partition coefficient (Wildman–Crippen LogP) is 2.36. The van der Waals surface area contributed by atoms with Crippen LogP contribution < -0.4 is 10.1 Å². The lowest BCUT2D eigenvalue weighted by atomic mass is 10.1. The molecule has 0 spiro atoms. The average Bonchev–Trinajstić information content (AvgIpc) is 2.20. The summed E-state index contributed by atoms with van der Waals surface area (Å²) >= 11 is 3.15. The van der Waals surface area contributed by atoms with Gasteiger partial charge in [-0.15, -0.1) is 0 Å². The second-order valence-corrected chi connectivity index (χ2v) is 3.75. The summed E-state index contributed by atoms with van der Waals surface area (Å²) in [4.78, 5) is 0. The first-order chi connectivity index (χ1) is 6.70. The van der Waals surface area contributed by atoms with Crippen LogP contribution in [0.4, 0.5) is 4.39 Å². The molecular weight excluding hydrogens is 249 g/mol. The van der Waals surface area contributed by atoms with E-state index >= 15 is 0 Å². The number of halogens is 2. The van der Waals surface area contributed by atoms with Gasteiger partial charge in [-0.25, -0.2) is 4.39 Å². The van der Waals surface area contributed by atoms with Crippen molar-refractivity contribution >= 4 is 15.9 Å². The fourth-order valence-corrected chi connectivity index (χ4v) is 1.62. The van der Waals surface area contributed by atoms with Crippen molar-refractivity contribution in [2.75, 3.05) is 20.7 Å². The molecule has 0 aliphatic carbocycles. The Morgan fingerprint density at radius 3 is 2.79 bits per heavy atom. The minimum absolute atomic E-state index is 0.236. The molecule has 0 atom stereocenters. The van der Waals surface area contributed by atoms with E-state index in [0.717, 1.165) is 6.54 Å². The van der Waals surface area contributed by atoms with Crippen LogP contribution in [0.1, 0.15) is 5.56 Å². The van der Waals surface area contributed by atoms with E-state index in [1.165, 1.54) is 0 Å². The van der Waals surface area contributed by atoms with E-state index in [0.29, 0.717) is 22.2 Å². The number of rotatable bonds is 4. The van der Waals surface area contributed by atoms with Crippen LogP contribution in [0.25, 0.3) is 0 Å². The van der Waals surface area contributed by atoms with Crippen LogP contribution >= 0.6 is 15.9 Å². The number of hydrogen-bond acceptors (Lipinski definition) is 2. The molecular formula is C10H13BrFNO. The number of benzene rings is 1. The Bertz CT molecular complexity index is 317. The van der Waals surface area contributed by atoms with Gasteiger partial charge in [-0.1, -0.05) is 0 Å². The molecule has 2 nitrogen and oxygen atoms in total. The molecule has 1 aromatic rings. The molecule has 0 saturated heterocycles. The smallest absolute Gasteiger partial charge is 0.144 e. The molecule has 0 bridgehead atoms. The Balaban J connectivity index is 3.01. The van der Waals surface area contributed by atoms with Crippen LogP contribution in [0.15, 0.2) is 16.6 Å². The third-order valence-corrected chi connectivity index (χ3v) is 2.61. The minimum Gasteiger partial charge on any atom is -0.496 e. The van der Waals surface area contributed by atoms with Crippen molar-refractivity contribution in [3.63, 3.8) is 0 Å². The van der Waals surface area contributed by atoms with Gasteiger partial charge in [-0.05, 0) is 48.1 Å². The van der Waals surface area contributed by atoms with Gasteiger partial charge in [0.05, 0.1) is 11.6 Å². The average molecular weight is 262 g/mol. The summed E-state index contributed by atoms with van der Waals surface area (Å²) in [5.74, 6) is 0.362. The van der Waals surface area contributed by atoms with E-state index in [1.807, 2.05) is 7.05 Å². The fraction of sp³-hybridized carbons (Fsp3) is 0.400. The van der Waals surface area contributed by atoms with Crippen molar-refractivity contribution in [2.45, 2.75) is 6.42 Å². The molecule has 0 unspecified atom stereocenters. The molecule has 0 aliphatic rings. The van der Waals surface area contributed by atoms with Gasteiger partial charge < -0.3 is 10.1 Å². The van der Waals surface area contributed by atoms with Gasteiger partial charge in [0.2, 0.25) is 0 Å². The number of nitrogens with one attached hydrogen (secondary N) is 1. The Labute approximate surface area is 91.6 Å². The topological polar surface area (TPSA) is 21.3 Å². The van der Waals surface area contributed by atoms with Crippen LogP contribution in [-0.2, 0) is 6.42 Å². The first-order valence-electron chi connectivity index (χ1n) is 4.36. The molecule has 78 valence electrons. The molecule has 0 amide bonds. The first-order valence-corrected chi connectivity index (χ1v) is 5.15. The van der Waals surface area contributed by atoms with Crippen molar-refractivity contribution in [1.29, 1.82) is 0 Å². The molecule has 4 heteroatoms. The zero-order chi connectivity index (χ0) is 10.6. The van der Waals surface area contributed by atoms with Crippen molar-refractivity contribution in [3.05, 3.63) is 28.0 Å². The van der Waals surface area contributed by atoms with Crippen molar-refractivity contribution in [1.82, 2.24) is 5.32 Å². The molecule has 0 aliphatic heterocycles. The van der Waals surface area contributed by atoms with E-state index in [-0.39, 0.29) is 5.82 Å². The minimum atomic E-state index is -0.236. The van der Waals surface area contributed by atoms with E-state index in [9.17, 15) is 4.39 Å². The Morgan fingerprint density at radius 1 is 1.50 bits per heavy atom. The standard InChI is InChI=1S/C10H13BrFNO/c1-13-6-5-7-9(14-2)4-3-8(11)10(7)12/h3-4,13H,5-6H2,1-2H3. The van der Waals surface area contributed by atoms with Crippen LogP contribution in [0.5, 0.6) is 5.75 Å². The highest BCUT2D eigenvalue weighted by atomic mass is 79.9. The largest absolute Gasteiger partial charge is 0.496 e. The molecule has 0 heterocycles. The summed E-state index contributed by atoms with van der Waals surface area (Å²) in [5, 5.41) is 2.98. The van der Waals surface area contributed by atoms with E-state index in [1.54, 1.807) is 19.2 Å². The fourth-order valence-electron chi connectivity index (χ4n) is 1.25. The molecule has 0 aromatic heterocycles. The Morgan fingerprint density at radius 2 is 2.21 bits per heavy atom. The lowest BCUT2D eigenvalue weighted by Crippen LogP contribution is -2.12. The maximum absolute atomic E-state index is 13.6. The summed E-state index contributed by atoms with van der Waals surface area (Å²) in [6.45, 7) is 0.726. The first kappa shape index (κ1) is 11.5. The zero-order valence-corrected chi connectivity index (χ0v) is 9.82. The monoisotopic (exact) mass is 261 g/mol. The molecule has 1 rings (SSSR count). The lowest BCUT2D eigenvalue weighted by molar-refractivity contribution is 0.403. The Kier molecular flexibility index (Phi) is 4.35. The maximum atomic E-state index is 13.6. The van der Waals surface area contributed by atoms with Gasteiger partial charge in [0, 0.05) is 5.56 Å². The second kappa shape index (κ2) is 5.32. The third kappa shape index (κ3) is 2.45. The number of likely N-dealkylation sites (N-methyl/N-ethyl adjacent to an activating group) is 1. The summed E-state index contributed by atoms with van der Waals surface area (Å²) in [5.41, 5.74) is 0.608. The van der Waals surface area contributed by atoms with Gasteiger partial charge in [0.25, 0.3) is 0 Å². The Hall–Kier alpha value is -0.610. The highest BCUT2D eigenvalue weighted by molar-refractivity contribution is 9.10. The molecule has 0 saturated carbocycles. The molecule has 1 aromatic carbocycles. The van der Waals surface area contributed by atoms with Crippen LogP contribution in [0.2, 0.25) is 0 Å². The highest BCUT2D eigenvalue weighted by Gasteiger charge is 2.11. The highest BCUT2D eigenvalue weighted by Crippen LogP contribution is 2.27. The normalized spacial score (nSPS) is 10.3. The number of hydrogen-bond donors (Lipinski definition) is 1. The summed E-state index contributed by atoms with van der Waals surface area (Å²) in [6, 6.07) is 3.41. The third-order valence-electron chi connectivity index (χ3n) is 2.00. The summed E-state index contributed by atoms with van der Waals surface area (Å²) in [6.07, 6.45) is 0.616. The summed E-state index contributed by atoms with van der Waals surface area (Å²) < 4.78 is 19.2. The zero-order valence-electron chi connectivity index (χ0n) is 8.23. The maximum Gasteiger partial charge on any atom is 0.144 e. The van der Waals surface area contributed by atoms with Gasteiger partial charge in [-0.3, -0.25) is 0 Å². The van der Waals surface area contributed by atoms with Gasteiger partial charge >= 0.3 is 0 Å². The van der Waals surface area contributed by atoms with E-state index in [2.05, 4.69) is 21.2 Å². The molecule has 0 fully saturated rings. The SMILES string of the molecule is CNCCc1c(OC)ccc(Br)c1F. The molecule has 14 heavy (non-hydrogen) atoms. The van der Waals surface area contributed by atoms with Crippen molar-refractivity contribution < 1.29 is 9.13 Å². The van der Waals surface area contributed by atoms with Gasteiger partial charge in [0.15, 0.2) is 0 Å². The van der Waals surface area contributed by atoms with Gasteiger partial charge in [0.1, 0.15) is 11.6 Å². The summed E-state index contributed by atoms with van der Waals surface area (Å²) in [7, 11) is 3.38. The number of methoxy groups -OCH3 is 1. The van der Waals surface area contributed by atoms with Crippen molar-refractivity contribution in [2.24, 2.45) is 0 Å². The predicted molar refractivity (Wildman–Crippen MR) is 58.3 cm³/mol. The lowest BCUT2D eigenvalue weighted by Gasteiger charge is -2.10. The van der Waals surface area contributed by atoms with Crippen LogP contribution in [-0.4, -0.2) is 20.7 Å². The number of ether oxygens (including phenoxy) is 1. The van der Waals surface area contributed by atoms with Crippen molar-refractivity contribution in [3.8, 4) is 5.75 Å². The van der Waals surface area contributed by atoms with Crippen LogP contribution in [0, 0.1) is 5.82 Å². The van der Waals surface area contributed by atoms with E-state index in [4.69, 9.17) is 4.74 Å². The second-order valence-electron chi connectivity index (χ2n) is 2.90. The molecule has 0 radical (unpaired) electrons. The van der Waals surface area contributed by atoms with E-state index < -0.39 is 0 Å².